The Morgan fingerprint density at radius 1 is 0.810 bits per heavy atom. The summed E-state index contributed by atoms with van der Waals surface area (Å²) in [4.78, 5) is 23.4. The molecule has 0 saturated carbocycles. The highest BCUT2D eigenvalue weighted by Gasteiger charge is 2.12. The number of aryl methyl sites for hydroxylation is 1. The number of hydrogen-bond acceptors (Lipinski definition) is 2. The summed E-state index contributed by atoms with van der Waals surface area (Å²) in [5, 5.41) is 5.22. The lowest BCUT2D eigenvalue weighted by Gasteiger charge is -2.08. The Hall–Kier alpha value is -2.62. The zero-order valence-corrected chi connectivity index (χ0v) is 11.9. The van der Waals surface area contributed by atoms with E-state index in [1.807, 2.05) is 61.5 Å². The SMILES string of the molecule is Cc1ccccc1CNC(=O)C(=O)NCc1ccccc1. The van der Waals surface area contributed by atoms with E-state index in [2.05, 4.69) is 10.6 Å². The summed E-state index contributed by atoms with van der Waals surface area (Å²) in [5.74, 6) is -1.23. The predicted molar refractivity (Wildman–Crippen MR) is 81.3 cm³/mol. The monoisotopic (exact) mass is 282 g/mol. The van der Waals surface area contributed by atoms with Crippen LogP contribution >= 0.6 is 0 Å². The molecule has 0 aromatic heterocycles. The standard InChI is InChI=1S/C17H18N2O2/c1-13-7-5-6-10-15(13)12-19-17(21)16(20)18-11-14-8-3-2-4-9-14/h2-10H,11-12H2,1H3,(H,18,20)(H,19,21). The van der Waals surface area contributed by atoms with E-state index in [1.165, 1.54) is 0 Å². The van der Waals surface area contributed by atoms with E-state index < -0.39 is 11.8 Å². The van der Waals surface area contributed by atoms with Gasteiger partial charge in [0, 0.05) is 13.1 Å². The highest BCUT2D eigenvalue weighted by Crippen LogP contribution is 2.05. The molecule has 108 valence electrons. The summed E-state index contributed by atoms with van der Waals surface area (Å²) >= 11 is 0. The first-order chi connectivity index (χ1) is 10.2. The first-order valence-electron chi connectivity index (χ1n) is 6.81. The Labute approximate surface area is 124 Å². The van der Waals surface area contributed by atoms with Gasteiger partial charge in [-0.25, -0.2) is 0 Å². The van der Waals surface area contributed by atoms with Crippen LogP contribution < -0.4 is 10.6 Å². The van der Waals surface area contributed by atoms with E-state index in [-0.39, 0.29) is 0 Å². The van der Waals surface area contributed by atoms with Crippen LogP contribution in [0.2, 0.25) is 0 Å². The van der Waals surface area contributed by atoms with Gasteiger partial charge in [-0.3, -0.25) is 9.59 Å². The van der Waals surface area contributed by atoms with Gasteiger partial charge in [-0.05, 0) is 23.6 Å². The lowest BCUT2D eigenvalue weighted by Crippen LogP contribution is -2.39. The number of rotatable bonds is 4. The van der Waals surface area contributed by atoms with Crippen molar-refractivity contribution in [3.8, 4) is 0 Å². The van der Waals surface area contributed by atoms with Crippen molar-refractivity contribution in [2.45, 2.75) is 20.0 Å². The maximum absolute atomic E-state index is 11.7. The van der Waals surface area contributed by atoms with Crippen molar-refractivity contribution < 1.29 is 9.59 Å². The molecule has 0 bridgehead atoms. The van der Waals surface area contributed by atoms with Gasteiger partial charge in [-0.1, -0.05) is 54.6 Å². The van der Waals surface area contributed by atoms with Crippen LogP contribution in [0.4, 0.5) is 0 Å². The number of benzene rings is 2. The smallest absolute Gasteiger partial charge is 0.309 e. The molecule has 2 aromatic rings. The van der Waals surface area contributed by atoms with Crippen LogP contribution in [-0.2, 0) is 22.7 Å². The van der Waals surface area contributed by atoms with Crippen LogP contribution in [0.1, 0.15) is 16.7 Å². The normalized spacial score (nSPS) is 9.95. The average molecular weight is 282 g/mol. The Bertz CT molecular complexity index is 624. The minimum Gasteiger partial charge on any atom is -0.344 e. The molecule has 2 aromatic carbocycles. The van der Waals surface area contributed by atoms with E-state index >= 15 is 0 Å². The summed E-state index contributed by atoms with van der Waals surface area (Å²) in [6.07, 6.45) is 0. The number of amides is 2. The summed E-state index contributed by atoms with van der Waals surface area (Å²) in [6.45, 7) is 2.67. The Morgan fingerprint density at radius 2 is 1.38 bits per heavy atom. The van der Waals surface area contributed by atoms with Gasteiger partial charge >= 0.3 is 11.8 Å². The fourth-order valence-electron chi connectivity index (χ4n) is 1.92. The maximum Gasteiger partial charge on any atom is 0.309 e. The van der Waals surface area contributed by atoms with Crippen molar-refractivity contribution in [3.63, 3.8) is 0 Å². The van der Waals surface area contributed by atoms with E-state index in [0.29, 0.717) is 13.1 Å². The van der Waals surface area contributed by atoms with E-state index in [4.69, 9.17) is 0 Å². The van der Waals surface area contributed by atoms with Crippen molar-refractivity contribution in [3.05, 3.63) is 71.3 Å². The number of carbonyl (C=O) groups excluding carboxylic acids is 2. The van der Waals surface area contributed by atoms with Crippen LogP contribution in [0.15, 0.2) is 54.6 Å². The Morgan fingerprint density at radius 3 is 2.05 bits per heavy atom. The first kappa shape index (κ1) is 14.8. The second kappa shape index (κ2) is 7.24. The zero-order valence-electron chi connectivity index (χ0n) is 11.9. The Balaban J connectivity index is 1.80. The van der Waals surface area contributed by atoms with Crippen LogP contribution in [0.3, 0.4) is 0 Å². The molecule has 2 amide bonds. The molecular formula is C17H18N2O2. The molecule has 0 saturated heterocycles. The summed E-state index contributed by atoms with van der Waals surface area (Å²) in [6, 6.07) is 17.2. The minimum absolute atomic E-state index is 0.345. The molecule has 0 fully saturated rings. The molecule has 4 nitrogen and oxygen atoms in total. The van der Waals surface area contributed by atoms with Gasteiger partial charge in [0.25, 0.3) is 0 Å². The molecule has 2 rings (SSSR count). The van der Waals surface area contributed by atoms with Crippen molar-refractivity contribution >= 4 is 11.8 Å². The van der Waals surface area contributed by atoms with Crippen molar-refractivity contribution in [1.82, 2.24) is 10.6 Å². The average Bonchev–Trinajstić information content (AvgIpc) is 2.52. The summed E-state index contributed by atoms with van der Waals surface area (Å²) in [5.41, 5.74) is 3.04. The lowest BCUT2D eigenvalue weighted by molar-refractivity contribution is -0.139. The molecule has 0 aliphatic rings. The van der Waals surface area contributed by atoms with E-state index in [1.54, 1.807) is 0 Å². The number of nitrogens with one attached hydrogen (secondary N) is 2. The van der Waals surface area contributed by atoms with Crippen molar-refractivity contribution in [2.24, 2.45) is 0 Å². The van der Waals surface area contributed by atoms with Crippen LogP contribution in [0, 0.1) is 6.92 Å². The molecule has 4 heteroatoms. The molecule has 0 unspecified atom stereocenters. The van der Waals surface area contributed by atoms with Gasteiger partial charge in [0.2, 0.25) is 0 Å². The number of hydrogen-bond donors (Lipinski definition) is 2. The zero-order chi connectivity index (χ0) is 15.1. The van der Waals surface area contributed by atoms with Gasteiger partial charge < -0.3 is 10.6 Å². The molecule has 0 radical (unpaired) electrons. The van der Waals surface area contributed by atoms with Gasteiger partial charge in [0.15, 0.2) is 0 Å². The molecule has 2 N–H and O–H groups in total. The molecule has 21 heavy (non-hydrogen) atoms. The van der Waals surface area contributed by atoms with Gasteiger partial charge in [-0.2, -0.15) is 0 Å². The van der Waals surface area contributed by atoms with Crippen LogP contribution in [0.5, 0.6) is 0 Å². The van der Waals surface area contributed by atoms with Gasteiger partial charge in [0.1, 0.15) is 0 Å². The molecule has 0 aliphatic heterocycles. The molecule has 0 heterocycles. The highest BCUT2D eigenvalue weighted by molar-refractivity contribution is 6.35. The lowest BCUT2D eigenvalue weighted by atomic mass is 10.1. The van der Waals surface area contributed by atoms with E-state index in [9.17, 15) is 9.59 Å². The second-order valence-electron chi connectivity index (χ2n) is 4.78. The largest absolute Gasteiger partial charge is 0.344 e. The fourth-order valence-corrected chi connectivity index (χ4v) is 1.92. The molecule has 0 atom stereocenters. The first-order valence-corrected chi connectivity index (χ1v) is 6.81. The quantitative estimate of drug-likeness (QED) is 0.842. The third-order valence-corrected chi connectivity index (χ3v) is 3.20. The molecular weight excluding hydrogens is 264 g/mol. The van der Waals surface area contributed by atoms with Gasteiger partial charge in [0.05, 0.1) is 0 Å². The van der Waals surface area contributed by atoms with Gasteiger partial charge in [-0.15, -0.1) is 0 Å². The number of carbonyl (C=O) groups is 2. The predicted octanol–water partition coefficient (Wildman–Crippen LogP) is 1.93. The Kier molecular flexibility index (Phi) is 5.10. The summed E-state index contributed by atoms with van der Waals surface area (Å²) < 4.78 is 0. The second-order valence-corrected chi connectivity index (χ2v) is 4.78. The summed E-state index contributed by atoms with van der Waals surface area (Å²) in [7, 11) is 0. The van der Waals surface area contributed by atoms with Crippen LogP contribution in [0.25, 0.3) is 0 Å². The van der Waals surface area contributed by atoms with E-state index in [0.717, 1.165) is 16.7 Å². The van der Waals surface area contributed by atoms with Crippen molar-refractivity contribution in [2.75, 3.05) is 0 Å². The molecule has 0 spiro atoms. The van der Waals surface area contributed by atoms with Crippen molar-refractivity contribution in [1.29, 1.82) is 0 Å². The third kappa shape index (κ3) is 4.45. The van der Waals surface area contributed by atoms with Crippen LogP contribution in [-0.4, -0.2) is 11.8 Å². The molecule has 0 aliphatic carbocycles. The minimum atomic E-state index is -0.618. The third-order valence-electron chi connectivity index (χ3n) is 3.20. The highest BCUT2D eigenvalue weighted by atomic mass is 16.2. The topological polar surface area (TPSA) is 58.2 Å². The maximum atomic E-state index is 11.7. The fraction of sp³-hybridized carbons (Fsp3) is 0.176.